The van der Waals surface area contributed by atoms with Crippen molar-refractivity contribution in [3.63, 3.8) is 0 Å². The maximum Gasteiger partial charge on any atom is 0.310 e. The molecule has 0 saturated heterocycles. The van der Waals surface area contributed by atoms with Gasteiger partial charge in [0.1, 0.15) is 0 Å². The Hall–Kier alpha value is -2.91. The third kappa shape index (κ3) is 3.85. The molecule has 28 heavy (non-hydrogen) atoms. The first-order chi connectivity index (χ1) is 13.4. The Balaban J connectivity index is 1.64. The van der Waals surface area contributed by atoms with Crippen molar-refractivity contribution in [1.29, 1.82) is 0 Å². The number of rotatable bonds is 5. The number of benzene rings is 1. The molecule has 3 aromatic rings. The number of hydrogen-bond acceptors (Lipinski definition) is 6. The molecular formula is C19H17N3O4S2. The molecule has 0 unspecified atom stereocenters. The van der Waals surface area contributed by atoms with Gasteiger partial charge in [-0.05, 0) is 41.3 Å². The zero-order valence-corrected chi connectivity index (χ0v) is 16.5. The quantitative estimate of drug-likeness (QED) is 0.688. The molecule has 144 valence electrons. The van der Waals surface area contributed by atoms with E-state index in [1.54, 1.807) is 47.7 Å². The molecule has 0 saturated carbocycles. The molecule has 3 heterocycles. The number of nitrogens with one attached hydrogen (secondary N) is 1. The molecule has 2 aromatic heterocycles. The van der Waals surface area contributed by atoms with E-state index in [1.165, 1.54) is 11.3 Å². The van der Waals surface area contributed by atoms with Gasteiger partial charge in [-0.1, -0.05) is 18.2 Å². The van der Waals surface area contributed by atoms with Crippen molar-refractivity contribution in [2.45, 2.75) is 12.5 Å². The van der Waals surface area contributed by atoms with Crippen molar-refractivity contribution in [3.05, 3.63) is 76.4 Å². The normalized spacial score (nSPS) is 16.8. The number of hydrazone groups is 1. The van der Waals surface area contributed by atoms with Crippen LogP contribution in [0.4, 0.5) is 5.69 Å². The van der Waals surface area contributed by atoms with Crippen LogP contribution in [0.2, 0.25) is 0 Å². The summed E-state index contributed by atoms with van der Waals surface area (Å²) in [6.07, 6.45) is 3.12. The summed E-state index contributed by atoms with van der Waals surface area (Å²) in [5, 5.41) is 7.99. The average Bonchev–Trinajstić information content (AvgIpc) is 3.40. The minimum absolute atomic E-state index is 0.207. The van der Waals surface area contributed by atoms with Crippen molar-refractivity contribution in [2.75, 3.05) is 11.0 Å². The Labute approximate surface area is 166 Å². The number of furan rings is 1. The van der Waals surface area contributed by atoms with Crippen LogP contribution in [0, 0.1) is 0 Å². The smallest absolute Gasteiger partial charge is 0.310 e. The first kappa shape index (κ1) is 18.5. The molecule has 0 bridgehead atoms. The molecule has 1 N–H and O–H groups in total. The molecule has 1 aliphatic heterocycles. The molecule has 0 radical (unpaired) electrons. The molecule has 1 atom stereocenters. The van der Waals surface area contributed by atoms with Crippen LogP contribution in [0.1, 0.15) is 33.5 Å². The van der Waals surface area contributed by atoms with Gasteiger partial charge < -0.3 is 4.42 Å². The maximum atomic E-state index is 12.9. The van der Waals surface area contributed by atoms with E-state index in [4.69, 9.17) is 4.42 Å². The Morgan fingerprint density at radius 2 is 2.00 bits per heavy atom. The van der Waals surface area contributed by atoms with E-state index in [0.29, 0.717) is 12.1 Å². The lowest BCUT2D eigenvalue weighted by Crippen LogP contribution is -2.26. The van der Waals surface area contributed by atoms with Crippen LogP contribution < -0.4 is 4.72 Å². The highest BCUT2D eigenvalue weighted by Gasteiger charge is 2.35. The van der Waals surface area contributed by atoms with Gasteiger partial charge in [0.25, 0.3) is 0 Å². The SMILES string of the molecule is CS(=O)(=O)Nc1ccc(C2=NN(C(=O)c3ccco3)[C@H](c3cccs3)C2)cc1. The number of amides is 1. The highest BCUT2D eigenvalue weighted by atomic mass is 32.2. The van der Waals surface area contributed by atoms with Gasteiger partial charge in [-0.25, -0.2) is 13.4 Å². The Morgan fingerprint density at radius 3 is 2.61 bits per heavy atom. The first-order valence-electron chi connectivity index (χ1n) is 8.47. The number of sulfonamides is 1. The van der Waals surface area contributed by atoms with Gasteiger partial charge in [0.2, 0.25) is 10.0 Å². The van der Waals surface area contributed by atoms with Gasteiger partial charge in [0.15, 0.2) is 5.76 Å². The van der Waals surface area contributed by atoms with Crippen molar-refractivity contribution in [2.24, 2.45) is 5.10 Å². The van der Waals surface area contributed by atoms with Crippen LogP contribution in [-0.4, -0.2) is 31.3 Å². The van der Waals surface area contributed by atoms with E-state index < -0.39 is 10.0 Å². The van der Waals surface area contributed by atoms with E-state index >= 15 is 0 Å². The minimum Gasteiger partial charge on any atom is -0.459 e. The van der Waals surface area contributed by atoms with E-state index in [0.717, 1.165) is 22.4 Å². The van der Waals surface area contributed by atoms with Crippen LogP contribution in [0.5, 0.6) is 0 Å². The highest BCUT2D eigenvalue weighted by Crippen LogP contribution is 2.36. The molecule has 1 amide bonds. The number of thiophene rings is 1. The summed E-state index contributed by atoms with van der Waals surface area (Å²) in [4.78, 5) is 13.9. The van der Waals surface area contributed by atoms with Crippen LogP contribution in [-0.2, 0) is 10.0 Å². The predicted octanol–water partition coefficient (Wildman–Crippen LogP) is 3.70. The summed E-state index contributed by atoms with van der Waals surface area (Å²) >= 11 is 1.57. The van der Waals surface area contributed by atoms with Crippen molar-refractivity contribution < 1.29 is 17.6 Å². The zero-order valence-electron chi connectivity index (χ0n) is 14.9. The van der Waals surface area contributed by atoms with Crippen molar-refractivity contribution in [1.82, 2.24) is 5.01 Å². The van der Waals surface area contributed by atoms with E-state index in [2.05, 4.69) is 9.82 Å². The summed E-state index contributed by atoms with van der Waals surface area (Å²) in [5.41, 5.74) is 2.06. The number of hydrogen-bond donors (Lipinski definition) is 1. The number of anilines is 1. The Bertz CT molecular complexity index is 1100. The summed E-state index contributed by atoms with van der Waals surface area (Å²) in [6.45, 7) is 0. The molecule has 4 rings (SSSR count). The standard InChI is InChI=1S/C19H17N3O4S2/c1-28(24,25)21-14-8-6-13(7-9-14)15-12-16(18-5-3-11-27-18)22(20-15)19(23)17-4-2-10-26-17/h2-11,16,21H,12H2,1H3/t16-/m0/s1. The zero-order chi connectivity index (χ0) is 19.7. The second-order valence-electron chi connectivity index (χ2n) is 6.36. The molecular weight excluding hydrogens is 398 g/mol. The molecule has 0 spiro atoms. The molecule has 7 nitrogen and oxygen atoms in total. The fourth-order valence-corrected chi connectivity index (χ4v) is 4.41. The van der Waals surface area contributed by atoms with Gasteiger partial charge in [0.05, 0.1) is 24.3 Å². The van der Waals surface area contributed by atoms with Crippen LogP contribution in [0.25, 0.3) is 0 Å². The highest BCUT2D eigenvalue weighted by molar-refractivity contribution is 7.92. The van der Waals surface area contributed by atoms with E-state index in [9.17, 15) is 13.2 Å². The molecule has 1 aliphatic rings. The van der Waals surface area contributed by atoms with Crippen molar-refractivity contribution in [3.8, 4) is 0 Å². The van der Waals surface area contributed by atoms with E-state index in [-0.39, 0.29) is 17.7 Å². The Morgan fingerprint density at radius 1 is 1.21 bits per heavy atom. The predicted molar refractivity (Wildman–Crippen MR) is 108 cm³/mol. The molecule has 0 aliphatic carbocycles. The molecule has 9 heteroatoms. The third-order valence-corrected chi connectivity index (χ3v) is 5.82. The van der Waals surface area contributed by atoms with Crippen molar-refractivity contribution >= 4 is 38.7 Å². The molecule has 0 fully saturated rings. The van der Waals surface area contributed by atoms with E-state index in [1.807, 2.05) is 17.5 Å². The number of nitrogens with zero attached hydrogens (tertiary/aromatic N) is 2. The van der Waals surface area contributed by atoms with Crippen LogP contribution in [0.15, 0.2) is 69.7 Å². The lowest BCUT2D eigenvalue weighted by molar-refractivity contribution is 0.0681. The van der Waals surface area contributed by atoms with Gasteiger partial charge >= 0.3 is 5.91 Å². The second-order valence-corrected chi connectivity index (χ2v) is 9.09. The largest absolute Gasteiger partial charge is 0.459 e. The van der Waals surface area contributed by atoms with Gasteiger partial charge in [-0.15, -0.1) is 11.3 Å². The summed E-state index contributed by atoms with van der Waals surface area (Å²) < 4.78 is 30.4. The van der Waals surface area contributed by atoms with Crippen LogP contribution >= 0.6 is 11.3 Å². The van der Waals surface area contributed by atoms with Gasteiger partial charge in [-0.2, -0.15) is 5.10 Å². The summed E-state index contributed by atoms with van der Waals surface area (Å²) in [5.74, 6) is -0.0620. The fourth-order valence-electron chi connectivity index (χ4n) is 3.03. The van der Waals surface area contributed by atoms with Gasteiger partial charge in [-0.3, -0.25) is 9.52 Å². The molecule has 1 aromatic carbocycles. The number of carbonyl (C=O) groups is 1. The average molecular weight is 415 g/mol. The second kappa shape index (κ2) is 7.25. The summed E-state index contributed by atoms with van der Waals surface area (Å²) in [6, 6.07) is 13.9. The fraction of sp³-hybridized carbons (Fsp3) is 0.158. The van der Waals surface area contributed by atoms with Crippen LogP contribution in [0.3, 0.4) is 0 Å². The Kier molecular flexibility index (Phi) is 4.78. The topological polar surface area (TPSA) is 92.0 Å². The summed E-state index contributed by atoms with van der Waals surface area (Å²) in [7, 11) is -3.33. The minimum atomic E-state index is -3.33. The van der Waals surface area contributed by atoms with Gasteiger partial charge in [0, 0.05) is 17.0 Å². The lowest BCUT2D eigenvalue weighted by atomic mass is 10.0. The third-order valence-electron chi connectivity index (χ3n) is 4.24. The monoisotopic (exact) mass is 415 g/mol. The first-order valence-corrected chi connectivity index (χ1v) is 11.2. The number of carbonyl (C=O) groups excluding carboxylic acids is 1. The maximum absolute atomic E-state index is 12.9. The lowest BCUT2D eigenvalue weighted by Gasteiger charge is -2.19.